The van der Waals surface area contributed by atoms with Crippen LogP contribution >= 0.6 is 0 Å². The number of aryl methyl sites for hydroxylation is 1. The van der Waals surface area contributed by atoms with Gasteiger partial charge in [-0.3, -0.25) is 4.79 Å². The summed E-state index contributed by atoms with van der Waals surface area (Å²) >= 11 is 0. The van der Waals surface area contributed by atoms with Gasteiger partial charge in [0, 0.05) is 12.1 Å². The summed E-state index contributed by atoms with van der Waals surface area (Å²) in [6.45, 7) is 1.77. The van der Waals surface area contributed by atoms with Crippen LogP contribution in [0.5, 0.6) is 0 Å². The number of nitrogens with zero attached hydrogens (tertiary/aromatic N) is 1. The van der Waals surface area contributed by atoms with Gasteiger partial charge in [-0.1, -0.05) is 60.7 Å². The second-order valence-corrected chi connectivity index (χ2v) is 6.73. The van der Waals surface area contributed by atoms with E-state index in [0.717, 1.165) is 21.9 Å². The third kappa shape index (κ3) is 5.33. The van der Waals surface area contributed by atoms with Gasteiger partial charge in [0.1, 0.15) is 12.6 Å². The maximum Gasteiger partial charge on any atom is 0.319 e. The maximum atomic E-state index is 12.5. The third-order valence-corrected chi connectivity index (χ3v) is 4.61. The van der Waals surface area contributed by atoms with Crippen LogP contribution < -0.4 is 16.0 Å². The van der Waals surface area contributed by atoms with Gasteiger partial charge in [-0.2, -0.15) is 5.26 Å². The molecule has 146 valence electrons. The number of fused-ring (bicyclic) bond motifs is 1. The number of carbonyl (C=O) groups is 2. The van der Waals surface area contributed by atoms with Crippen LogP contribution in [0.2, 0.25) is 0 Å². The SMILES string of the molecule is Cc1ccccc1NC(=O)NC(Cc1ccc2ccccc2c1)C(=O)NCC#N. The molecule has 0 spiro atoms. The molecule has 0 saturated heterocycles. The molecule has 0 fully saturated rings. The van der Waals surface area contributed by atoms with Crippen molar-refractivity contribution < 1.29 is 9.59 Å². The Morgan fingerprint density at radius 1 is 1.00 bits per heavy atom. The number of benzene rings is 3. The number of anilines is 1. The Morgan fingerprint density at radius 2 is 1.72 bits per heavy atom. The Kier molecular flexibility index (Phi) is 6.43. The van der Waals surface area contributed by atoms with E-state index >= 15 is 0 Å². The van der Waals surface area contributed by atoms with Gasteiger partial charge in [0.15, 0.2) is 0 Å². The summed E-state index contributed by atoms with van der Waals surface area (Å²) in [6.07, 6.45) is 0.309. The lowest BCUT2D eigenvalue weighted by molar-refractivity contribution is -0.122. The molecule has 0 heterocycles. The normalized spacial score (nSPS) is 11.3. The van der Waals surface area contributed by atoms with Crippen LogP contribution in [0.4, 0.5) is 10.5 Å². The molecule has 6 nitrogen and oxygen atoms in total. The lowest BCUT2D eigenvalue weighted by Gasteiger charge is -2.19. The number of carbonyl (C=O) groups excluding carboxylic acids is 2. The fraction of sp³-hybridized carbons (Fsp3) is 0.174. The van der Waals surface area contributed by atoms with Gasteiger partial charge in [0.25, 0.3) is 0 Å². The highest BCUT2D eigenvalue weighted by molar-refractivity contribution is 5.94. The number of hydrogen-bond donors (Lipinski definition) is 3. The van der Waals surface area contributed by atoms with Crippen molar-refractivity contribution in [2.45, 2.75) is 19.4 Å². The summed E-state index contributed by atoms with van der Waals surface area (Å²) in [5, 5.41) is 18.9. The first-order valence-corrected chi connectivity index (χ1v) is 9.32. The van der Waals surface area contributed by atoms with Crippen molar-refractivity contribution in [1.29, 1.82) is 5.26 Å². The molecule has 29 heavy (non-hydrogen) atoms. The van der Waals surface area contributed by atoms with Crippen LogP contribution in [0.3, 0.4) is 0 Å². The van der Waals surface area contributed by atoms with Gasteiger partial charge < -0.3 is 16.0 Å². The number of rotatable bonds is 6. The zero-order valence-electron chi connectivity index (χ0n) is 16.1. The molecule has 3 aromatic carbocycles. The Labute approximate surface area is 169 Å². The minimum absolute atomic E-state index is 0.117. The number of hydrogen-bond acceptors (Lipinski definition) is 3. The third-order valence-electron chi connectivity index (χ3n) is 4.61. The lowest BCUT2D eigenvalue weighted by Crippen LogP contribution is -2.49. The second-order valence-electron chi connectivity index (χ2n) is 6.73. The molecule has 0 radical (unpaired) electrons. The van der Waals surface area contributed by atoms with Gasteiger partial charge in [0.2, 0.25) is 5.91 Å². The summed E-state index contributed by atoms with van der Waals surface area (Å²) in [7, 11) is 0. The molecule has 6 heteroatoms. The molecule has 0 aromatic heterocycles. The van der Waals surface area contributed by atoms with Crippen LogP contribution in [0.25, 0.3) is 10.8 Å². The first-order chi connectivity index (χ1) is 14.1. The van der Waals surface area contributed by atoms with Crippen molar-refractivity contribution in [3.63, 3.8) is 0 Å². The monoisotopic (exact) mass is 386 g/mol. The number of nitriles is 1. The lowest BCUT2D eigenvalue weighted by atomic mass is 10.0. The van der Waals surface area contributed by atoms with Crippen molar-refractivity contribution in [1.82, 2.24) is 10.6 Å². The average molecular weight is 386 g/mol. The Bertz CT molecular complexity index is 1070. The first-order valence-electron chi connectivity index (χ1n) is 9.32. The predicted molar refractivity (Wildman–Crippen MR) is 113 cm³/mol. The maximum absolute atomic E-state index is 12.5. The molecule has 0 aliphatic heterocycles. The molecule has 3 aromatic rings. The van der Waals surface area contributed by atoms with E-state index in [0.29, 0.717) is 12.1 Å². The largest absolute Gasteiger partial charge is 0.341 e. The second kappa shape index (κ2) is 9.38. The summed E-state index contributed by atoms with van der Waals surface area (Å²) < 4.78 is 0. The average Bonchev–Trinajstić information content (AvgIpc) is 2.73. The summed E-state index contributed by atoms with van der Waals surface area (Å²) in [5.41, 5.74) is 2.51. The van der Waals surface area contributed by atoms with E-state index in [1.54, 1.807) is 6.07 Å². The molecule has 1 unspecified atom stereocenters. The van der Waals surface area contributed by atoms with E-state index < -0.39 is 18.0 Å². The minimum atomic E-state index is -0.812. The fourth-order valence-electron chi connectivity index (χ4n) is 3.09. The topological polar surface area (TPSA) is 94.0 Å². The van der Waals surface area contributed by atoms with Gasteiger partial charge >= 0.3 is 6.03 Å². The Morgan fingerprint density at radius 3 is 2.48 bits per heavy atom. The van der Waals surface area contributed by atoms with E-state index in [9.17, 15) is 9.59 Å². The van der Waals surface area contributed by atoms with Crippen LogP contribution in [0, 0.1) is 18.3 Å². The molecule has 3 rings (SSSR count). The van der Waals surface area contributed by atoms with E-state index in [2.05, 4.69) is 16.0 Å². The number of amides is 3. The Balaban J connectivity index is 1.76. The highest BCUT2D eigenvalue weighted by Crippen LogP contribution is 2.17. The quantitative estimate of drug-likeness (QED) is 0.566. The molecule has 0 saturated carbocycles. The number of para-hydroxylation sites is 1. The first kappa shape index (κ1) is 19.9. The standard InChI is InChI=1S/C23H22N4O2/c1-16-6-2-5-9-20(16)26-23(29)27-21(22(28)25-13-12-24)15-17-10-11-18-7-3-4-8-19(18)14-17/h2-11,14,21H,13,15H2,1H3,(H,25,28)(H2,26,27,29). The van der Waals surface area contributed by atoms with E-state index in [1.807, 2.05) is 73.7 Å². The van der Waals surface area contributed by atoms with E-state index in [-0.39, 0.29) is 6.54 Å². The van der Waals surface area contributed by atoms with Crippen LogP contribution in [-0.4, -0.2) is 24.5 Å². The smallest absolute Gasteiger partial charge is 0.319 e. The highest BCUT2D eigenvalue weighted by Gasteiger charge is 2.21. The van der Waals surface area contributed by atoms with Crippen LogP contribution in [0.15, 0.2) is 66.7 Å². The molecule has 0 aliphatic rings. The van der Waals surface area contributed by atoms with Crippen molar-refractivity contribution in [2.75, 3.05) is 11.9 Å². The van der Waals surface area contributed by atoms with Crippen LogP contribution in [0.1, 0.15) is 11.1 Å². The number of nitrogens with one attached hydrogen (secondary N) is 3. The predicted octanol–water partition coefficient (Wildman–Crippen LogP) is 3.52. The summed E-state index contributed by atoms with van der Waals surface area (Å²) in [4.78, 5) is 25.0. The Hall–Kier alpha value is -3.85. The zero-order valence-corrected chi connectivity index (χ0v) is 16.1. The van der Waals surface area contributed by atoms with Gasteiger partial charge in [-0.25, -0.2) is 4.79 Å². The summed E-state index contributed by atoms with van der Waals surface area (Å²) in [6, 6.07) is 21.9. The molecule has 0 aliphatic carbocycles. The van der Waals surface area contributed by atoms with Crippen molar-refractivity contribution in [3.8, 4) is 6.07 Å². The van der Waals surface area contributed by atoms with Crippen molar-refractivity contribution in [2.24, 2.45) is 0 Å². The highest BCUT2D eigenvalue weighted by atomic mass is 16.2. The molecule has 3 amide bonds. The minimum Gasteiger partial charge on any atom is -0.341 e. The molecule has 3 N–H and O–H groups in total. The van der Waals surface area contributed by atoms with Gasteiger partial charge in [-0.15, -0.1) is 0 Å². The van der Waals surface area contributed by atoms with E-state index in [1.165, 1.54) is 0 Å². The van der Waals surface area contributed by atoms with E-state index in [4.69, 9.17) is 5.26 Å². The van der Waals surface area contributed by atoms with Crippen LogP contribution in [-0.2, 0) is 11.2 Å². The molecular formula is C23H22N4O2. The zero-order chi connectivity index (χ0) is 20.6. The van der Waals surface area contributed by atoms with Gasteiger partial charge in [-0.05, 0) is 34.9 Å². The number of urea groups is 1. The molecule has 0 bridgehead atoms. The summed E-state index contributed by atoms with van der Waals surface area (Å²) in [5.74, 6) is -0.403. The van der Waals surface area contributed by atoms with Crippen molar-refractivity contribution in [3.05, 3.63) is 77.9 Å². The van der Waals surface area contributed by atoms with Gasteiger partial charge in [0.05, 0.1) is 6.07 Å². The molecule has 1 atom stereocenters. The fourth-order valence-corrected chi connectivity index (χ4v) is 3.09. The van der Waals surface area contributed by atoms with Crippen molar-refractivity contribution >= 4 is 28.4 Å². The molecular weight excluding hydrogens is 364 g/mol.